The molecule has 1 unspecified atom stereocenters. The van der Waals surface area contributed by atoms with Crippen LogP contribution in [-0.2, 0) is 20.8 Å². The molecule has 36 heavy (non-hydrogen) atoms. The van der Waals surface area contributed by atoms with Gasteiger partial charge in [0.25, 0.3) is 0 Å². The van der Waals surface area contributed by atoms with Gasteiger partial charge in [0.05, 0.1) is 18.2 Å². The molecular formula is C27H34N4O5. The molecule has 4 N–H and O–H groups in total. The fourth-order valence-corrected chi connectivity index (χ4v) is 3.98. The van der Waals surface area contributed by atoms with Gasteiger partial charge in [-0.3, -0.25) is 9.59 Å². The SMILES string of the molecule is Cc1ccccc1NC(=O)Nc1ccc(CC(=O)N[C@@H](CC(C)C)C2=NOC(CCC(=O)O)C2)cc1. The van der Waals surface area contributed by atoms with Crippen molar-refractivity contribution in [3.05, 3.63) is 59.7 Å². The first-order valence-corrected chi connectivity index (χ1v) is 12.2. The van der Waals surface area contributed by atoms with Crippen LogP contribution < -0.4 is 16.0 Å². The Labute approximate surface area is 211 Å². The summed E-state index contributed by atoms with van der Waals surface area (Å²) < 4.78 is 0. The van der Waals surface area contributed by atoms with E-state index in [4.69, 9.17) is 9.94 Å². The second-order valence-electron chi connectivity index (χ2n) is 9.46. The Kier molecular flexibility index (Phi) is 9.44. The third kappa shape index (κ3) is 8.41. The van der Waals surface area contributed by atoms with Gasteiger partial charge in [-0.1, -0.05) is 49.3 Å². The predicted octanol–water partition coefficient (Wildman–Crippen LogP) is 4.72. The highest BCUT2D eigenvalue weighted by molar-refractivity contribution is 6.00. The summed E-state index contributed by atoms with van der Waals surface area (Å²) in [4.78, 5) is 41.3. The summed E-state index contributed by atoms with van der Waals surface area (Å²) in [5, 5.41) is 21.7. The van der Waals surface area contributed by atoms with Gasteiger partial charge < -0.3 is 25.9 Å². The average molecular weight is 495 g/mol. The quantitative estimate of drug-likeness (QED) is 0.359. The molecule has 3 amide bonds. The molecule has 3 rings (SSSR count). The molecule has 0 aliphatic carbocycles. The Bertz CT molecular complexity index is 1100. The number of anilines is 2. The molecule has 192 valence electrons. The molecule has 0 aromatic heterocycles. The summed E-state index contributed by atoms with van der Waals surface area (Å²) >= 11 is 0. The van der Waals surface area contributed by atoms with Crippen molar-refractivity contribution in [3.8, 4) is 0 Å². The van der Waals surface area contributed by atoms with E-state index in [-0.39, 0.29) is 36.9 Å². The molecule has 2 aromatic rings. The molecule has 1 aliphatic rings. The minimum atomic E-state index is -0.868. The number of hydrogen-bond donors (Lipinski definition) is 4. The van der Waals surface area contributed by atoms with Gasteiger partial charge in [0.15, 0.2) is 0 Å². The van der Waals surface area contributed by atoms with E-state index in [2.05, 4.69) is 35.0 Å². The number of urea groups is 1. The van der Waals surface area contributed by atoms with Crippen LogP contribution in [0.2, 0.25) is 0 Å². The monoisotopic (exact) mass is 494 g/mol. The lowest BCUT2D eigenvalue weighted by atomic mass is 9.95. The second kappa shape index (κ2) is 12.7. The normalized spacial score (nSPS) is 15.6. The largest absolute Gasteiger partial charge is 0.481 e. The fraction of sp³-hybridized carbons (Fsp3) is 0.407. The van der Waals surface area contributed by atoms with Crippen LogP contribution in [0.3, 0.4) is 0 Å². The molecular weight excluding hydrogens is 460 g/mol. The number of oxime groups is 1. The molecule has 0 saturated carbocycles. The molecule has 0 radical (unpaired) electrons. The third-order valence-corrected chi connectivity index (χ3v) is 5.85. The number of carbonyl (C=O) groups excluding carboxylic acids is 2. The molecule has 2 aromatic carbocycles. The molecule has 9 heteroatoms. The van der Waals surface area contributed by atoms with Gasteiger partial charge in [-0.15, -0.1) is 0 Å². The number of hydrogen-bond acceptors (Lipinski definition) is 5. The van der Waals surface area contributed by atoms with Gasteiger partial charge in [0.2, 0.25) is 5.91 Å². The molecule has 0 bridgehead atoms. The topological polar surface area (TPSA) is 129 Å². The van der Waals surface area contributed by atoms with E-state index in [1.165, 1.54) is 0 Å². The highest BCUT2D eigenvalue weighted by Crippen LogP contribution is 2.21. The highest BCUT2D eigenvalue weighted by Gasteiger charge is 2.29. The Morgan fingerprint density at radius 2 is 1.81 bits per heavy atom. The van der Waals surface area contributed by atoms with E-state index < -0.39 is 5.97 Å². The van der Waals surface area contributed by atoms with Crippen LogP contribution in [0.4, 0.5) is 16.2 Å². The van der Waals surface area contributed by atoms with E-state index in [9.17, 15) is 14.4 Å². The molecule has 0 fully saturated rings. The van der Waals surface area contributed by atoms with Gasteiger partial charge >= 0.3 is 12.0 Å². The van der Waals surface area contributed by atoms with Gasteiger partial charge in [0.1, 0.15) is 6.10 Å². The molecule has 2 atom stereocenters. The zero-order valence-electron chi connectivity index (χ0n) is 20.9. The lowest BCUT2D eigenvalue weighted by Gasteiger charge is -2.20. The average Bonchev–Trinajstić information content (AvgIpc) is 3.29. The summed E-state index contributed by atoms with van der Waals surface area (Å²) in [6, 6.07) is 14.0. The van der Waals surface area contributed by atoms with Crippen molar-refractivity contribution in [2.75, 3.05) is 10.6 Å². The van der Waals surface area contributed by atoms with Crippen LogP contribution in [0, 0.1) is 12.8 Å². The first kappa shape index (κ1) is 26.7. The minimum absolute atomic E-state index is 0.0209. The summed E-state index contributed by atoms with van der Waals surface area (Å²) in [7, 11) is 0. The first-order valence-electron chi connectivity index (χ1n) is 12.2. The second-order valence-corrected chi connectivity index (χ2v) is 9.46. The number of aliphatic carboxylic acids is 1. The Balaban J connectivity index is 1.52. The number of nitrogens with zero attached hydrogens (tertiary/aromatic N) is 1. The van der Waals surface area contributed by atoms with E-state index in [0.29, 0.717) is 30.9 Å². The van der Waals surface area contributed by atoms with Crippen LogP contribution in [0.25, 0.3) is 0 Å². The molecule has 0 spiro atoms. The van der Waals surface area contributed by atoms with Crippen LogP contribution in [0.1, 0.15) is 50.7 Å². The smallest absolute Gasteiger partial charge is 0.323 e. The van der Waals surface area contributed by atoms with Crippen LogP contribution in [0.15, 0.2) is 53.7 Å². The minimum Gasteiger partial charge on any atom is -0.481 e. The predicted molar refractivity (Wildman–Crippen MR) is 139 cm³/mol. The van der Waals surface area contributed by atoms with Crippen molar-refractivity contribution in [2.24, 2.45) is 11.1 Å². The van der Waals surface area contributed by atoms with Gasteiger partial charge in [-0.2, -0.15) is 0 Å². The number of carboxylic acid groups (broad SMARTS) is 1. The number of carbonyl (C=O) groups is 3. The van der Waals surface area contributed by atoms with Crippen LogP contribution in [0.5, 0.6) is 0 Å². The molecule has 9 nitrogen and oxygen atoms in total. The molecule has 1 heterocycles. The summed E-state index contributed by atoms with van der Waals surface area (Å²) in [6.45, 7) is 6.06. The Hall–Kier alpha value is -3.88. The van der Waals surface area contributed by atoms with Crippen molar-refractivity contribution in [1.82, 2.24) is 5.32 Å². The molecule has 0 saturated heterocycles. The number of rotatable bonds is 11. The van der Waals surface area contributed by atoms with Gasteiger partial charge in [-0.05, 0) is 55.0 Å². The Morgan fingerprint density at radius 3 is 2.47 bits per heavy atom. The molecule has 1 aliphatic heterocycles. The van der Waals surface area contributed by atoms with E-state index in [0.717, 1.165) is 22.5 Å². The third-order valence-electron chi connectivity index (χ3n) is 5.85. The number of amides is 3. The van der Waals surface area contributed by atoms with E-state index in [1.54, 1.807) is 24.3 Å². The summed E-state index contributed by atoms with van der Waals surface area (Å²) in [5.41, 5.74) is 3.88. The number of aryl methyl sites for hydroxylation is 1. The Morgan fingerprint density at radius 1 is 1.08 bits per heavy atom. The number of para-hydroxylation sites is 1. The maximum absolute atomic E-state index is 12.8. The fourth-order valence-electron chi connectivity index (χ4n) is 3.98. The zero-order chi connectivity index (χ0) is 26.1. The van der Waals surface area contributed by atoms with Crippen LogP contribution in [-0.4, -0.2) is 40.9 Å². The lowest BCUT2D eigenvalue weighted by Crippen LogP contribution is -2.42. The van der Waals surface area contributed by atoms with Gasteiger partial charge in [0, 0.05) is 24.2 Å². The number of nitrogens with one attached hydrogen (secondary N) is 3. The number of benzene rings is 2. The van der Waals surface area contributed by atoms with Gasteiger partial charge in [-0.25, -0.2) is 4.79 Å². The van der Waals surface area contributed by atoms with Crippen molar-refractivity contribution in [2.45, 2.75) is 65.0 Å². The number of carboxylic acids is 1. The zero-order valence-corrected chi connectivity index (χ0v) is 20.9. The standard InChI is InChI=1S/C27H34N4O5/c1-17(2)14-23(24-16-21(36-31-24)12-13-26(33)34)29-25(32)15-19-8-10-20(11-9-19)28-27(35)30-22-7-5-4-6-18(22)3/h4-11,17,21,23H,12-16H2,1-3H3,(H,29,32)(H,33,34)(H2,28,30,35)/t21?,23-/m0/s1. The highest BCUT2D eigenvalue weighted by atomic mass is 16.6. The first-order chi connectivity index (χ1) is 17.2. The summed E-state index contributed by atoms with van der Waals surface area (Å²) in [5.74, 6) is -0.685. The van der Waals surface area contributed by atoms with Crippen LogP contribution >= 0.6 is 0 Å². The van der Waals surface area contributed by atoms with Crippen molar-refractivity contribution in [3.63, 3.8) is 0 Å². The summed E-state index contributed by atoms with van der Waals surface area (Å²) in [6.07, 6.45) is 1.53. The van der Waals surface area contributed by atoms with Crippen molar-refractivity contribution in [1.29, 1.82) is 0 Å². The van der Waals surface area contributed by atoms with Crippen molar-refractivity contribution >= 4 is 35.0 Å². The lowest BCUT2D eigenvalue weighted by molar-refractivity contribution is -0.137. The van der Waals surface area contributed by atoms with E-state index in [1.807, 2.05) is 31.2 Å². The van der Waals surface area contributed by atoms with Crippen molar-refractivity contribution < 1.29 is 24.3 Å². The maximum Gasteiger partial charge on any atom is 0.323 e. The maximum atomic E-state index is 12.8. The van der Waals surface area contributed by atoms with E-state index >= 15 is 0 Å².